The molecule has 1 aromatic carbocycles. The molecule has 0 unspecified atom stereocenters. The summed E-state index contributed by atoms with van der Waals surface area (Å²) in [4.78, 5) is 25.3. The lowest BCUT2D eigenvalue weighted by atomic mass is 10.2. The van der Waals surface area contributed by atoms with E-state index in [9.17, 15) is 4.79 Å². The Morgan fingerprint density at radius 3 is 2.52 bits per heavy atom. The predicted molar refractivity (Wildman–Crippen MR) is 132 cm³/mol. The first-order chi connectivity index (χ1) is 16.0. The Morgan fingerprint density at radius 2 is 1.79 bits per heavy atom. The fourth-order valence-electron chi connectivity index (χ4n) is 3.88. The highest BCUT2D eigenvalue weighted by atomic mass is 32.1. The maximum atomic E-state index is 12.8. The molecule has 0 bridgehead atoms. The molecule has 0 saturated carbocycles. The molecule has 0 spiro atoms. The third kappa shape index (κ3) is 4.73. The van der Waals surface area contributed by atoms with E-state index in [4.69, 9.17) is 0 Å². The summed E-state index contributed by atoms with van der Waals surface area (Å²) in [6, 6.07) is 15.3. The molecular formula is C24H25N7OS. The summed E-state index contributed by atoms with van der Waals surface area (Å²) in [5.41, 5.74) is 3.83. The van der Waals surface area contributed by atoms with Gasteiger partial charge in [0.25, 0.3) is 5.91 Å². The Bertz CT molecular complexity index is 1260. The fraction of sp³-hybridized carbons (Fsp3) is 0.250. The summed E-state index contributed by atoms with van der Waals surface area (Å²) in [5.74, 6) is 1.34. The second-order valence-electron chi connectivity index (χ2n) is 8.06. The van der Waals surface area contributed by atoms with Gasteiger partial charge in [-0.3, -0.25) is 9.48 Å². The number of amides is 1. The number of anilines is 4. The first-order valence-electron chi connectivity index (χ1n) is 10.9. The molecule has 4 aromatic rings. The van der Waals surface area contributed by atoms with Crippen molar-refractivity contribution in [3.8, 4) is 10.6 Å². The minimum Gasteiger partial charge on any atom is -0.341 e. The van der Waals surface area contributed by atoms with Crippen molar-refractivity contribution in [2.24, 2.45) is 7.05 Å². The van der Waals surface area contributed by atoms with Crippen molar-refractivity contribution in [2.75, 3.05) is 28.6 Å². The predicted octanol–water partition coefficient (Wildman–Crippen LogP) is 4.84. The first-order valence-corrected chi connectivity index (χ1v) is 11.8. The normalized spacial score (nSPS) is 13.3. The summed E-state index contributed by atoms with van der Waals surface area (Å²) in [5, 5.41) is 12.7. The molecule has 0 radical (unpaired) electrons. The lowest BCUT2D eigenvalue weighted by Crippen LogP contribution is -2.21. The number of thiophene rings is 1. The average Bonchev–Trinajstić information content (AvgIpc) is 3.56. The summed E-state index contributed by atoms with van der Waals surface area (Å²) < 4.78 is 1.61. The Hall–Kier alpha value is -3.72. The first kappa shape index (κ1) is 21.1. The summed E-state index contributed by atoms with van der Waals surface area (Å²) in [7, 11) is 1.78. The number of benzene rings is 1. The van der Waals surface area contributed by atoms with Crippen LogP contribution in [0.1, 0.15) is 29.0 Å². The molecule has 0 aliphatic carbocycles. The molecule has 33 heavy (non-hydrogen) atoms. The number of hydrogen-bond donors (Lipinski definition) is 2. The third-order valence-electron chi connectivity index (χ3n) is 5.53. The number of aryl methyl sites for hydroxylation is 2. The summed E-state index contributed by atoms with van der Waals surface area (Å²) in [6.45, 7) is 3.99. The van der Waals surface area contributed by atoms with Crippen LogP contribution in [0, 0.1) is 6.92 Å². The van der Waals surface area contributed by atoms with Crippen molar-refractivity contribution >= 4 is 40.4 Å². The molecule has 2 N–H and O–H groups in total. The Kier molecular flexibility index (Phi) is 5.78. The van der Waals surface area contributed by atoms with E-state index in [0.717, 1.165) is 46.8 Å². The fourth-order valence-corrected chi connectivity index (χ4v) is 4.56. The summed E-state index contributed by atoms with van der Waals surface area (Å²) >= 11 is 1.60. The SMILES string of the molecule is Cc1cc(Nc2ccc(NC(=O)c3cc(-c4cccs4)nn3C)cc2)nc(N2CCCC2)n1. The van der Waals surface area contributed by atoms with Gasteiger partial charge in [-0.2, -0.15) is 10.1 Å². The quantitative estimate of drug-likeness (QED) is 0.429. The largest absolute Gasteiger partial charge is 0.341 e. The Morgan fingerprint density at radius 1 is 1.03 bits per heavy atom. The van der Waals surface area contributed by atoms with Crippen LogP contribution in [-0.4, -0.2) is 38.7 Å². The van der Waals surface area contributed by atoms with Crippen LogP contribution in [0.2, 0.25) is 0 Å². The number of rotatable bonds is 6. The molecule has 1 fully saturated rings. The van der Waals surface area contributed by atoms with Crippen LogP contribution < -0.4 is 15.5 Å². The number of nitrogens with one attached hydrogen (secondary N) is 2. The molecule has 1 aliphatic heterocycles. The lowest BCUT2D eigenvalue weighted by molar-refractivity contribution is 0.101. The van der Waals surface area contributed by atoms with Gasteiger partial charge in [0.05, 0.1) is 4.88 Å². The van der Waals surface area contributed by atoms with E-state index in [1.807, 2.05) is 60.8 Å². The minimum absolute atomic E-state index is 0.199. The lowest BCUT2D eigenvalue weighted by Gasteiger charge is -2.17. The van der Waals surface area contributed by atoms with E-state index in [1.165, 1.54) is 12.8 Å². The number of aromatic nitrogens is 4. The van der Waals surface area contributed by atoms with Gasteiger partial charge in [-0.15, -0.1) is 11.3 Å². The van der Waals surface area contributed by atoms with Gasteiger partial charge in [-0.05, 0) is 61.5 Å². The van der Waals surface area contributed by atoms with Gasteiger partial charge in [0, 0.05) is 43.3 Å². The van der Waals surface area contributed by atoms with E-state index in [1.54, 1.807) is 23.1 Å². The van der Waals surface area contributed by atoms with Gasteiger partial charge in [0.1, 0.15) is 17.2 Å². The highest BCUT2D eigenvalue weighted by Crippen LogP contribution is 2.25. The van der Waals surface area contributed by atoms with E-state index < -0.39 is 0 Å². The van der Waals surface area contributed by atoms with Crippen molar-refractivity contribution < 1.29 is 4.79 Å². The smallest absolute Gasteiger partial charge is 0.273 e. The van der Waals surface area contributed by atoms with E-state index in [-0.39, 0.29) is 5.91 Å². The molecule has 9 heteroatoms. The Labute approximate surface area is 196 Å². The number of carbonyl (C=O) groups is 1. The highest BCUT2D eigenvalue weighted by molar-refractivity contribution is 7.13. The van der Waals surface area contributed by atoms with Crippen LogP contribution in [0.4, 0.5) is 23.1 Å². The highest BCUT2D eigenvalue weighted by Gasteiger charge is 2.17. The van der Waals surface area contributed by atoms with Crippen LogP contribution in [0.3, 0.4) is 0 Å². The van der Waals surface area contributed by atoms with Crippen molar-refractivity contribution in [1.82, 2.24) is 19.7 Å². The van der Waals surface area contributed by atoms with Crippen LogP contribution in [-0.2, 0) is 7.05 Å². The molecule has 4 heterocycles. The van der Waals surface area contributed by atoms with Crippen molar-refractivity contribution in [3.63, 3.8) is 0 Å². The standard InChI is InChI=1S/C24H25N7OS/c1-16-14-22(28-24(25-16)31-11-3-4-12-31)26-17-7-9-18(10-8-17)27-23(32)20-15-19(29-30(20)2)21-6-5-13-33-21/h5-10,13-15H,3-4,11-12H2,1-2H3,(H,27,32)(H,25,26,28). The zero-order chi connectivity index (χ0) is 22.8. The second kappa shape index (κ2) is 9.03. The Balaban J connectivity index is 1.26. The van der Waals surface area contributed by atoms with Crippen LogP contribution in [0.15, 0.2) is 53.9 Å². The van der Waals surface area contributed by atoms with Gasteiger partial charge in [-0.1, -0.05) is 6.07 Å². The van der Waals surface area contributed by atoms with E-state index in [0.29, 0.717) is 11.4 Å². The molecule has 1 aliphatic rings. The molecule has 1 amide bonds. The third-order valence-corrected chi connectivity index (χ3v) is 6.42. The average molecular weight is 460 g/mol. The monoisotopic (exact) mass is 459 g/mol. The second-order valence-corrected chi connectivity index (χ2v) is 9.01. The molecule has 0 atom stereocenters. The van der Waals surface area contributed by atoms with Gasteiger partial charge in [0.2, 0.25) is 5.95 Å². The minimum atomic E-state index is -0.199. The molecule has 1 saturated heterocycles. The van der Waals surface area contributed by atoms with Crippen molar-refractivity contribution in [1.29, 1.82) is 0 Å². The maximum Gasteiger partial charge on any atom is 0.273 e. The number of carbonyl (C=O) groups excluding carboxylic acids is 1. The van der Waals surface area contributed by atoms with Crippen molar-refractivity contribution in [3.05, 3.63) is 65.3 Å². The topological polar surface area (TPSA) is 88.0 Å². The van der Waals surface area contributed by atoms with E-state index in [2.05, 4.69) is 30.6 Å². The van der Waals surface area contributed by atoms with Crippen molar-refractivity contribution in [2.45, 2.75) is 19.8 Å². The van der Waals surface area contributed by atoms with Gasteiger partial charge < -0.3 is 15.5 Å². The molecular weight excluding hydrogens is 434 g/mol. The van der Waals surface area contributed by atoms with Crippen LogP contribution in [0.5, 0.6) is 0 Å². The number of nitrogens with zero attached hydrogens (tertiary/aromatic N) is 5. The van der Waals surface area contributed by atoms with Gasteiger partial charge in [-0.25, -0.2) is 4.98 Å². The van der Waals surface area contributed by atoms with E-state index >= 15 is 0 Å². The summed E-state index contributed by atoms with van der Waals surface area (Å²) in [6.07, 6.45) is 2.36. The molecule has 5 rings (SSSR count). The molecule has 3 aromatic heterocycles. The van der Waals surface area contributed by atoms with Crippen LogP contribution >= 0.6 is 11.3 Å². The van der Waals surface area contributed by atoms with Gasteiger partial charge >= 0.3 is 0 Å². The van der Waals surface area contributed by atoms with Crippen LogP contribution in [0.25, 0.3) is 10.6 Å². The zero-order valence-electron chi connectivity index (χ0n) is 18.6. The number of hydrogen-bond acceptors (Lipinski definition) is 7. The maximum absolute atomic E-state index is 12.8. The molecule has 8 nitrogen and oxygen atoms in total. The zero-order valence-corrected chi connectivity index (χ0v) is 19.4. The molecule has 168 valence electrons. The van der Waals surface area contributed by atoms with Gasteiger partial charge in [0.15, 0.2) is 0 Å².